The quantitative estimate of drug-likeness (QED) is 0.141. The fraction of sp³-hybridized carbons (Fsp3) is 0.0698. The lowest BCUT2D eigenvalue weighted by Gasteiger charge is -2.17. The second-order valence-electron chi connectivity index (χ2n) is 11.3. The lowest BCUT2D eigenvalue weighted by Crippen LogP contribution is -1.95. The second-order valence-corrected chi connectivity index (χ2v) is 18.5. The van der Waals surface area contributed by atoms with Crippen LogP contribution >= 0.6 is 70.5 Å². The molecule has 0 fully saturated rings. The lowest BCUT2D eigenvalue weighted by molar-refractivity contribution is 0.421. The van der Waals surface area contributed by atoms with Crippen LogP contribution in [0.25, 0.3) is 65.3 Å². The first-order chi connectivity index (χ1) is 26.0. The van der Waals surface area contributed by atoms with Gasteiger partial charge in [-0.25, -0.2) is 8.78 Å². The van der Waals surface area contributed by atoms with Gasteiger partial charge < -0.3 is 9.84 Å². The summed E-state index contributed by atoms with van der Waals surface area (Å²) in [7, 11) is 1.61. The van der Waals surface area contributed by atoms with Crippen molar-refractivity contribution in [1.82, 2.24) is 0 Å². The minimum absolute atomic E-state index is 0.0409. The van der Waals surface area contributed by atoms with E-state index in [-0.39, 0.29) is 19.0 Å². The van der Waals surface area contributed by atoms with Gasteiger partial charge in [-0.15, -0.1) is 47.3 Å². The molecule has 0 aliphatic heterocycles. The SMILES string of the molecule is BrB(Br)Br.COc1c(-c2cccc(Cl)c2F)c2ccccc2c2ccccc12.Oc1c(-c2cccc(Cl)c2F)c2ccccc2c2ccccc12.[2H]CC. The van der Waals surface area contributed by atoms with E-state index in [4.69, 9.17) is 29.3 Å². The van der Waals surface area contributed by atoms with Crippen molar-refractivity contribution >= 4 is 117 Å². The van der Waals surface area contributed by atoms with Gasteiger partial charge in [0.25, 0.3) is 0 Å². The molecule has 268 valence electrons. The first kappa shape index (κ1) is 39.1. The van der Waals surface area contributed by atoms with Gasteiger partial charge in [0.1, 0.15) is 23.1 Å². The van der Waals surface area contributed by atoms with E-state index in [0.717, 1.165) is 43.3 Å². The summed E-state index contributed by atoms with van der Waals surface area (Å²) < 4.78 is 41.5. The number of hydrogen-bond donors (Lipinski definition) is 1. The standard InChI is InChI=1S/C21H14ClFO.C20H12ClFO.C2H6.BBr3/c1-24-21-16-10-5-3-8-14(16)13-7-2-4-9-15(13)19(21)17-11-6-12-18(22)20(17)23;21-17-11-5-10-16(19(17)22)18-14-8-3-1-6-12(14)13-7-2-4-9-15(13)20(18)23;1-2;2-1(3)4/h2-12H,1H3;1-11,23H;1-2H3;/i;;1D;. The molecule has 8 rings (SSSR count). The van der Waals surface area contributed by atoms with Crippen molar-refractivity contribution in [1.29, 1.82) is 0 Å². The highest BCUT2D eigenvalue weighted by Gasteiger charge is 2.21. The summed E-state index contributed by atoms with van der Waals surface area (Å²) >= 11 is 21.3. The molecule has 10 heteroatoms. The van der Waals surface area contributed by atoms with Crippen molar-refractivity contribution in [3.05, 3.63) is 155 Å². The molecule has 0 aromatic heterocycles. The summed E-state index contributed by atoms with van der Waals surface area (Å²) in [6, 6.07) is 41.1. The molecule has 0 atom stereocenters. The van der Waals surface area contributed by atoms with E-state index in [1.807, 2.05) is 91.0 Å². The van der Waals surface area contributed by atoms with Gasteiger partial charge in [-0.3, -0.25) is 0 Å². The molecule has 0 saturated heterocycles. The Kier molecular flexibility index (Phi) is 13.7. The zero-order valence-electron chi connectivity index (χ0n) is 29.5. The molecule has 8 aromatic rings. The average molecular weight is 941 g/mol. The van der Waals surface area contributed by atoms with E-state index < -0.39 is 11.6 Å². The van der Waals surface area contributed by atoms with Crippen molar-refractivity contribution in [2.45, 2.75) is 13.8 Å². The maximum atomic E-state index is 14.7. The normalized spacial score (nSPS) is 10.8. The number of ether oxygens (including phenoxy) is 1. The molecule has 2 nitrogen and oxygen atoms in total. The zero-order chi connectivity index (χ0) is 38.9. The minimum atomic E-state index is -0.523. The van der Waals surface area contributed by atoms with Crippen LogP contribution in [0, 0.1) is 11.6 Å². The number of methoxy groups -OCH3 is 1. The molecule has 53 heavy (non-hydrogen) atoms. The lowest BCUT2D eigenvalue weighted by atomic mass is 9.92. The van der Waals surface area contributed by atoms with Gasteiger partial charge >= 0.3 is 3.18 Å². The zero-order valence-corrected chi connectivity index (χ0v) is 34.8. The molecule has 0 spiro atoms. The maximum Gasteiger partial charge on any atom is 0.369 e. The Balaban J connectivity index is 0.000000178. The third kappa shape index (κ3) is 8.53. The predicted molar refractivity (Wildman–Crippen MR) is 236 cm³/mol. The Morgan fingerprint density at radius 2 is 0.868 bits per heavy atom. The fourth-order valence-corrected chi connectivity index (χ4v) is 6.73. The van der Waals surface area contributed by atoms with Crippen molar-refractivity contribution in [2.75, 3.05) is 7.11 Å². The number of fused-ring (bicyclic) bond motifs is 6. The molecule has 8 aromatic carbocycles. The van der Waals surface area contributed by atoms with E-state index in [1.54, 1.807) is 44.4 Å². The number of phenolic OH excluding ortho intramolecular Hbond substituents is 1. The van der Waals surface area contributed by atoms with Gasteiger partial charge in [-0.2, -0.15) is 0 Å². The van der Waals surface area contributed by atoms with E-state index in [9.17, 15) is 13.9 Å². The summed E-state index contributed by atoms with van der Waals surface area (Å²) in [5.74, 6) is -0.228. The van der Waals surface area contributed by atoms with E-state index in [1.165, 1.54) is 6.07 Å². The summed E-state index contributed by atoms with van der Waals surface area (Å²) in [5, 5.41) is 18.4. The molecular weight excluding hydrogens is 908 g/mol. The highest BCUT2D eigenvalue weighted by molar-refractivity contribution is 9.69. The van der Waals surface area contributed by atoms with Crippen LogP contribution in [0.15, 0.2) is 133 Å². The summed E-state index contributed by atoms with van der Waals surface area (Å²) in [4.78, 5) is 0. The van der Waals surface area contributed by atoms with Crippen molar-refractivity contribution in [2.24, 2.45) is 0 Å². The maximum absolute atomic E-state index is 14.7. The van der Waals surface area contributed by atoms with Gasteiger partial charge in [0.2, 0.25) is 0 Å². The molecule has 0 radical (unpaired) electrons. The molecule has 0 amide bonds. The summed E-state index contributed by atoms with van der Waals surface area (Å²) in [6.45, 7) is 2.29. The molecule has 0 heterocycles. The Hall–Kier alpha value is -3.66. The number of hydrogen-bond acceptors (Lipinski definition) is 2. The van der Waals surface area contributed by atoms with Crippen LogP contribution in [0.3, 0.4) is 0 Å². The number of rotatable bonds is 3. The Bertz CT molecular complexity index is 2570. The number of phenols is 1. The molecule has 0 unspecified atom stereocenters. The molecule has 0 aliphatic rings. The molecular formula is C43H32BBr3Cl2F2O2. The van der Waals surface area contributed by atoms with Crippen molar-refractivity contribution in [3.8, 4) is 33.8 Å². The minimum Gasteiger partial charge on any atom is -0.507 e. The third-order valence-electron chi connectivity index (χ3n) is 8.44. The predicted octanol–water partition coefficient (Wildman–Crippen LogP) is 15.8. The van der Waals surface area contributed by atoms with Crippen LogP contribution in [-0.4, -0.2) is 15.4 Å². The van der Waals surface area contributed by atoms with E-state index >= 15 is 0 Å². The Labute approximate surface area is 344 Å². The van der Waals surface area contributed by atoms with Gasteiger partial charge in [-0.1, -0.05) is 158 Å². The Morgan fingerprint density at radius 1 is 0.547 bits per heavy atom. The Morgan fingerprint density at radius 3 is 1.30 bits per heavy atom. The molecule has 0 aliphatic carbocycles. The van der Waals surface area contributed by atoms with E-state index in [0.29, 0.717) is 34.7 Å². The van der Waals surface area contributed by atoms with Crippen LogP contribution in [0.2, 0.25) is 10.0 Å². The number of halogens is 7. The van der Waals surface area contributed by atoms with Gasteiger partial charge in [0.15, 0.2) is 0 Å². The fourth-order valence-electron chi connectivity index (χ4n) is 6.38. The third-order valence-corrected chi connectivity index (χ3v) is 9.02. The average Bonchev–Trinajstić information content (AvgIpc) is 3.17. The second kappa shape index (κ2) is 18.6. The van der Waals surface area contributed by atoms with Crippen LogP contribution in [0.4, 0.5) is 8.78 Å². The van der Waals surface area contributed by atoms with Crippen molar-refractivity contribution < 1.29 is 20.0 Å². The smallest absolute Gasteiger partial charge is 0.369 e. The number of benzene rings is 8. The summed E-state index contributed by atoms with van der Waals surface area (Å²) in [6.07, 6.45) is 0. The highest BCUT2D eigenvalue weighted by Crippen LogP contribution is 2.46. The van der Waals surface area contributed by atoms with Crippen molar-refractivity contribution in [3.63, 3.8) is 0 Å². The van der Waals surface area contributed by atoms with E-state index in [2.05, 4.69) is 53.3 Å². The van der Waals surface area contributed by atoms with Crippen LogP contribution in [0.5, 0.6) is 11.5 Å². The van der Waals surface area contributed by atoms with Crippen LogP contribution in [-0.2, 0) is 0 Å². The number of aromatic hydroxyl groups is 1. The molecule has 1 N–H and O–H groups in total. The van der Waals surface area contributed by atoms with Gasteiger partial charge in [0, 0.05) is 34.4 Å². The summed E-state index contributed by atoms with van der Waals surface area (Å²) in [5.41, 5.74) is 1.95. The first-order valence-electron chi connectivity index (χ1n) is 17.0. The monoisotopic (exact) mass is 937 g/mol. The largest absolute Gasteiger partial charge is 0.507 e. The van der Waals surface area contributed by atoms with Gasteiger partial charge in [-0.05, 0) is 44.5 Å². The van der Waals surface area contributed by atoms with Crippen LogP contribution in [0.1, 0.15) is 15.2 Å². The molecule has 0 saturated carbocycles. The first-order valence-corrected chi connectivity index (χ1v) is 19.8. The van der Waals surface area contributed by atoms with Gasteiger partial charge in [0.05, 0.1) is 17.2 Å². The highest BCUT2D eigenvalue weighted by atomic mass is 79.9. The van der Waals surface area contributed by atoms with Crippen LogP contribution < -0.4 is 4.74 Å². The topological polar surface area (TPSA) is 29.5 Å². The molecule has 0 bridgehead atoms.